The molecule has 29 heavy (non-hydrogen) atoms. The Morgan fingerprint density at radius 1 is 1.14 bits per heavy atom. The number of ether oxygens (including phenoxy) is 2. The van der Waals surface area contributed by atoms with E-state index in [4.69, 9.17) is 16.3 Å². The highest BCUT2D eigenvalue weighted by Gasteiger charge is 2.33. The van der Waals surface area contributed by atoms with Gasteiger partial charge in [0.15, 0.2) is 0 Å². The third-order valence-electron chi connectivity index (χ3n) is 3.86. The van der Waals surface area contributed by atoms with Crippen molar-refractivity contribution in [3.8, 4) is 5.75 Å². The molecule has 0 atom stereocenters. The number of halogens is 4. The topological polar surface area (TPSA) is 64.6 Å². The van der Waals surface area contributed by atoms with Crippen LogP contribution in [0.5, 0.6) is 5.75 Å². The third kappa shape index (κ3) is 5.99. The van der Waals surface area contributed by atoms with E-state index >= 15 is 0 Å². The highest BCUT2D eigenvalue weighted by atomic mass is 35.5. The van der Waals surface area contributed by atoms with Crippen molar-refractivity contribution < 1.29 is 32.2 Å². The van der Waals surface area contributed by atoms with E-state index in [1.165, 1.54) is 32.4 Å². The molecule has 0 aliphatic carbocycles. The number of alkyl halides is 3. The highest BCUT2D eigenvalue weighted by molar-refractivity contribution is 6.31. The molecule has 0 heterocycles. The number of methoxy groups -OCH3 is 2. The van der Waals surface area contributed by atoms with E-state index in [0.717, 1.165) is 18.2 Å². The van der Waals surface area contributed by atoms with Gasteiger partial charge >= 0.3 is 12.1 Å². The second-order valence-electron chi connectivity index (χ2n) is 5.81. The minimum atomic E-state index is -4.59. The van der Waals surface area contributed by atoms with Gasteiger partial charge < -0.3 is 14.8 Å². The molecular formula is C20H17ClF3NO4. The average molecular weight is 428 g/mol. The average Bonchev–Trinajstić information content (AvgIpc) is 2.69. The first-order valence-corrected chi connectivity index (χ1v) is 8.61. The van der Waals surface area contributed by atoms with Crippen LogP contribution in [0.2, 0.25) is 5.02 Å². The molecule has 2 rings (SSSR count). The van der Waals surface area contributed by atoms with Gasteiger partial charge in [-0.15, -0.1) is 0 Å². The zero-order valence-electron chi connectivity index (χ0n) is 15.5. The number of hydrogen-bond donors (Lipinski definition) is 1. The fourth-order valence-corrected chi connectivity index (χ4v) is 2.64. The molecule has 0 aliphatic heterocycles. The predicted molar refractivity (Wildman–Crippen MR) is 102 cm³/mol. The van der Waals surface area contributed by atoms with Gasteiger partial charge in [-0.2, -0.15) is 13.2 Å². The number of esters is 1. The molecule has 0 bridgehead atoms. The first-order chi connectivity index (χ1) is 13.7. The van der Waals surface area contributed by atoms with Crippen LogP contribution in [0, 0.1) is 0 Å². The number of hydrogen-bond acceptors (Lipinski definition) is 4. The highest BCUT2D eigenvalue weighted by Crippen LogP contribution is 2.35. The summed E-state index contributed by atoms with van der Waals surface area (Å²) < 4.78 is 48.4. The van der Waals surface area contributed by atoms with Crippen LogP contribution in [-0.2, 0) is 22.3 Å². The first kappa shape index (κ1) is 22.3. The van der Waals surface area contributed by atoms with Crippen molar-refractivity contribution in [1.29, 1.82) is 0 Å². The lowest BCUT2D eigenvalue weighted by molar-refractivity contribution is -0.137. The molecule has 0 unspecified atom stereocenters. The molecule has 0 aromatic heterocycles. The summed E-state index contributed by atoms with van der Waals surface area (Å²) >= 11 is 5.56. The third-order valence-corrected chi connectivity index (χ3v) is 4.19. The fraction of sp³-hybridized carbons (Fsp3) is 0.200. The summed E-state index contributed by atoms with van der Waals surface area (Å²) in [7, 11) is 2.65. The molecule has 0 spiro atoms. The summed E-state index contributed by atoms with van der Waals surface area (Å²) in [6.45, 7) is 0.0889. The normalized spacial score (nSPS) is 11.4. The standard InChI is InChI=1S/C20H17ClF3NO4/c1-28-17-7-4-13(9-14(17)19(27)29-2)11-25-18(26)8-5-12-3-6-16(21)15(10-12)20(22,23)24/h3-10H,11H2,1-2H3,(H,25,26)/b8-5+. The van der Waals surface area contributed by atoms with E-state index < -0.39 is 28.6 Å². The van der Waals surface area contributed by atoms with Crippen LogP contribution < -0.4 is 10.1 Å². The van der Waals surface area contributed by atoms with Gasteiger partial charge in [-0.05, 0) is 41.5 Å². The van der Waals surface area contributed by atoms with Gasteiger partial charge in [-0.25, -0.2) is 4.79 Å². The van der Waals surface area contributed by atoms with Crippen molar-refractivity contribution in [1.82, 2.24) is 5.32 Å². The Morgan fingerprint density at radius 3 is 2.48 bits per heavy atom. The predicted octanol–water partition coefficient (Wildman–Crippen LogP) is 4.48. The minimum Gasteiger partial charge on any atom is -0.496 e. The summed E-state index contributed by atoms with van der Waals surface area (Å²) in [5.74, 6) is -0.780. The molecule has 0 saturated carbocycles. The maximum Gasteiger partial charge on any atom is 0.417 e. The maximum atomic E-state index is 12.9. The van der Waals surface area contributed by atoms with Crippen molar-refractivity contribution in [2.75, 3.05) is 14.2 Å². The number of benzene rings is 2. The Morgan fingerprint density at radius 2 is 1.86 bits per heavy atom. The summed E-state index contributed by atoms with van der Waals surface area (Å²) in [5.41, 5.74) is 0.0153. The molecular weight excluding hydrogens is 411 g/mol. The van der Waals surface area contributed by atoms with Crippen LogP contribution in [0.15, 0.2) is 42.5 Å². The van der Waals surface area contributed by atoms with E-state index in [2.05, 4.69) is 10.1 Å². The Bertz CT molecular complexity index is 942. The smallest absolute Gasteiger partial charge is 0.417 e. The van der Waals surface area contributed by atoms with Crippen LogP contribution in [0.3, 0.4) is 0 Å². The SMILES string of the molecule is COC(=O)c1cc(CNC(=O)/C=C/c2ccc(Cl)c(C(F)(F)F)c2)ccc1OC. The number of nitrogens with one attached hydrogen (secondary N) is 1. The lowest BCUT2D eigenvalue weighted by atomic mass is 10.1. The number of carbonyl (C=O) groups is 2. The zero-order valence-corrected chi connectivity index (χ0v) is 16.2. The van der Waals surface area contributed by atoms with E-state index in [-0.39, 0.29) is 17.7 Å². The van der Waals surface area contributed by atoms with Crippen molar-refractivity contribution >= 4 is 29.6 Å². The molecule has 0 radical (unpaired) electrons. The van der Waals surface area contributed by atoms with E-state index in [9.17, 15) is 22.8 Å². The fourth-order valence-electron chi connectivity index (χ4n) is 2.42. The lowest BCUT2D eigenvalue weighted by Crippen LogP contribution is -2.20. The van der Waals surface area contributed by atoms with Crippen LogP contribution in [0.4, 0.5) is 13.2 Å². The first-order valence-electron chi connectivity index (χ1n) is 8.23. The molecule has 2 aromatic rings. The molecule has 0 saturated heterocycles. The monoisotopic (exact) mass is 427 g/mol. The molecule has 1 N–H and O–H groups in total. The van der Waals surface area contributed by atoms with Gasteiger partial charge in [-0.1, -0.05) is 23.7 Å². The summed E-state index contributed by atoms with van der Waals surface area (Å²) in [4.78, 5) is 23.7. The van der Waals surface area contributed by atoms with E-state index in [1.54, 1.807) is 12.1 Å². The lowest BCUT2D eigenvalue weighted by Gasteiger charge is -2.10. The van der Waals surface area contributed by atoms with Crippen molar-refractivity contribution in [2.45, 2.75) is 12.7 Å². The van der Waals surface area contributed by atoms with Crippen molar-refractivity contribution in [3.05, 3.63) is 69.8 Å². The van der Waals surface area contributed by atoms with E-state index in [0.29, 0.717) is 11.3 Å². The van der Waals surface area contributed by atoms with Crippen molar-refractivity contribution in [2.24, 2.45) is 0 Å². The van der Waals surface area contributed by atoms with Crippen LogP contribution >= 0.6 is 11.6 Å². The largest absolute Gasteiger partial charge is 0.496 e. The van der Waals surface area contributed by atoms with E-state index in [1.807, 2.05) is 0 Å². The Labute approximate surface area is 170 Å². The Balaban J connectivity index is 2.06. The number of rotatable bonds is 6. The second kappa shape index (κ2) is 9.47. The summed E-state index contributed by atoms with van der Waals surface area (Å²) in [6.07, 6.45) is -2.24. The molecule has 1 amide bonds. The number of amides is 1. The zero-order chi connectivity index (χ0) is 21.6. The quantitative estimate of drug-likeness (QED) is 0.545. The van der Waals surface area contributed by atoms with Crippen LogP contribution in [0.1, 0.15) is 27.0 Å². The van der Waals surface area contributed by atoms with Gasteiger partial charge in [-0.3, -0.25) is 4.79 Å². The molecule has 2 aromatic carbocycles. The van der Waals surface area contributed by atoms with Crippen LogP contribution in [0.25, 0.3) is 6.08 Å². The molecule has 9 heteroatoms. The van der Waals surface area contributed by atoms with Gasteiger partial charge in [0.1, 0.15) is 11.3 Å². The summed E-state index contributed by atoms with van der Waals surface area (Å²) in [6, 6.07) is 8.09. The molecule has 154 valence electrons. The van der Waals surface area contributed by atoms with Gasteiger partial charge in [0.2, 0.25) is 5.91 Å². The molecule has 0 fully saturated rings. The Kier molecular flexibility index (Phi) is 7.28. The maximum absolute atomic E-state index is 12.9. The van der Waals surface area contributed by atoms with Crippen LogP contribution in [-0.4, -0.2) is 26.1 Å². The molecule has 0 aliphatic rings. The van der Waals surface area contributed by atoms with Crippen molar-refractivity contribution in [3.63, 3.8) is 0 Å². The van der Waals surface area contributed by atoms with Gasteiger partial charge in [0.25, 0.3) is 0 Å². The second-order valence-corrected chi connectivity index (χ2v) is 6.22. The molecule has 5 nitrogen and oxygen atoms in total. The van der Waals surface area contributed by atoms with Gasteiger partial charge in [0, 0.05) is 12.6 Å². The minimum absolute atomic E-state index is 0.0889. The summed E-state index contributed by atoms with van der Waals surface area (Å²) in [5, 5.41) is 2.16. The number of carbonyl (C=O) groups excluding carboxylic acids is 2. The van der Waals surface area contributed by atoms with Gasteiger partial charge in [0.05, 0.1) is 24.8 Å². The Hall–Kier alpha value is -3.00.